The number of carbonyl (C=O) groups excluding carboxylic acids is 2. The van der Waals surface area contributed by atoms with Crippen molar-refractivity contribution in [3.05, 3.63) is 28.7 Å². The smallest absolute Gasteiger partial charge is 0.245 e. The van der Waals surface area contributed by atoms with Crippen molar-refractivity contribution in [2.24, 2.45) is 4.99 Å². The Morgan fingerprint density at radius 1 is 1.45 bits per heavy atom. The van der Waals surface area contributed by atoms with Gasteiger partial charge in [-0.25, -0.2) is 4.99 Å². The molecule has 1 rings (SSSR count). The highest BCUT2D eigenvalue weighted by Gasteiger charge is 2.01. The van der Waals surface area contributed by atoms with Crippen LogP contribution in [-0.2, 0) is 9.59 Å². The lowest BCUT2D eigenvalue weighted by atomic mass is 10.3. The lowest BCUT2D eigenvalue weighted by Crippen LogP contribution is -2.03. The molecule has 108 valence electrons. The summed E-state index contributed by atoms with van der Waals surface area (Å²) in [5.41, 5.74) is 0. The highest BCUT2D eigenvalue weighted by atomic mass is 79.9. The molecule has 0 aromatic heterocycles. The van der Waals surface area contributed by atoms with Gasteiger partial charge in [-0.2, -0.15) is 0 Å². The second-order valence-corrected chi connectivity index (χ2v) is 6.00. The lowest BCUT2D eigenvalue weighted by Gasteiger charge is -2.05. The molecule has 0 aliphatic heterocycles. The van der Waals surface area contributed by atoms with E-state index < -0.39 is 0 Å². The first-order valence-corrected chi connectivity index (χ1v) is 8.01. The molecule has 0 aliphatic rings. The third-order valence-electron chi connectivity index (χ3n) is 2.20. The van der Waals surface area contributed by atoms with Gasteiger partial charge >= 0.3 is 0 Å². The topological polar surface area (TPSA) is 55.7 Å². The number of amides is 1. The van der Waals surface area contributed by atoms with Gasteiger partial charge in [-0.05, 0) is 30.4 Å². The zero-order chi connectivity index (χ0) is 14.8. The number of thioether (sulfide) groups is 1. The van der Waals surface area contributed by atoms with Gasteiger partial charge < -0.3 is 4.74 Å². The second kappa shape index (κ2) is 9.72. The van der Waals surface area contributed by atoms with Gasteiger partial charge in [0.25, 0.3) is 0 Å². The molecule has 0 unspecified atom stereocenters. The molecule has 20 heavy (non-hydrogen) atoms. The summed E-state index contributed by atoms with van der Waals surface area (Å²) in [5, 5.41) is -0.189. The summed E-state index contributed by atoms with van der Waals surface area (Å²) in [7, 11) is 0. The Kier molecular flexibility index (Phi) is 8.22. The van der Waals surface area contributed by atoms with E-state index in [0.717, 1.165) is 28.2 Å². The summed E-state index contributed by atoms with van der Waals surface area (Å²) in [5.74, 6) is 1.14. The Hall–Kier alpha value is -1.14. The van der Waals surface area contributed by atoms with E-state index in [1.807, 2.05) is 31.2 Å². The van der Waals surface area contributed by atoms with Crippen LogP contribution in [0.25, 0.3) is 0 Å². The Morgan fingerprint density at radius 3 is 2.95 bits per heavy atom. The summed E-state index contributed by atoms with van der Waals surface area (Å²) < 4.78 is 6.44. The van der Waals surface area contributed by atoms with Gasteiger partial charge in [0.2, 0.25) is 11.0 Å². The summed E-state index contributed by atoms with van der Waals surface area (Å²) in [6.07, 6.45) is 1.93. The van der Waals surface area contributed by atoms with E-state index in [2.05, 4.69) is 20.9 Å². The Balaban J connectivity index is 2.21. The maximum atomic E-state index is 11.4. The average Bonchev–Trinajstić information content (AvgIpc) is 2.42. The minimum Gasteiger partial charge on any atom is -0.494 e. The van der Waals surface area contributed by atoms with E-state index in [4.69, 9.17) is 4.74 Å². The lowest BCUT2D eigenvalue weighted by molar-refractivity contribution is -0.118. The molecule has 1 amide bonds. The highest BCUT2D eigenvalue weighted by molar-refractivity contribution is 9.10. The fraction of sp³-hybridized carbons (Fsp3) is 0.357. The van der Waals surface area contributed by atoms with Gasteiger partial charge in [0, 0.05) is 10.9 Å². The monoisotopic (exact) mass is 357 g/mol. The van der Waals surface area contributed by atoms with Crippen molar-refractivity contribution in [3.63, 3.8) is 0 Å². The summed E-state index contributed by atoms with van der Waals surface area (Å²) in [6, 6.07) is 7.51. The van der Waals surface area contributed by atoms with Crippen molar-refractivity contribution in [2.75, 3.05) is 12.4 Å². The number of nitrogens with zero attached hydrogens (tertiary/aromatic N) is 1. The molecule has 0 bridgehead atoms. The molecule has 0 saturated carbocycles. The van der Waals surface area contributed by atoms with Crippen LogP contribution in [0, 0.1) is 0 Å². The minimum absolute atomic E-state index is 0.189. The molecule has 0 spiro atoms. The van der Waals surface area contributed by atoms with Crippen LogP contribution in [0.1, 0.15) is 19.8 Å². The molecule has 0 fully saturated rings. The van der Waals surface area contributed by atoms with Crippen molar-refractivity contribution in [2.45, 2.75) is 19.8 Å². The standard InChI is InChI=1S/C14H16BrNO3S/c1-2-20-14(18)10-16-13(17)7-4-8-19-12-6-3-5-11(15)9-12/h3,5-6,9-10H,2,4,7-8H2,1H3. The summed E-state index contributed by atoms with van der Waals surface area (Å²) in [6.45, 7) is 2.31. The summed E-state index contributed by atoms with van der Waals surface area (Å²) in [4.78, 5) is 26.1. The van der Waals surface area contributed by atoms with Crippen LogP contribution in [0.2, 0.25) is 0 Å². The largest absolute Gasteiger partial charge is 0.494 e. The zero-order valence-corrected chi connectivity index (χ0v) is 13.6. The first-order chi connectivity index (χ1) is 9.61. The Labute approximate surface area is 131 Å². The molecule has 4 nitrogen and oxygen atoms in total. The number of hydrogen-bond acceptors (Lipinski definition) is 4. The quantitative estimate of drug-likeness (QED) is 0.553. The normalized spacial score (nSPS) is 10.7. The molecule has 0 saturated heterocycles. The van der Waals surface area contributed by atoms with Crippen LogP contribution >= 0.6 is 27.7 Å². The second-order valence-electron chi connectivity index (χ2n) is 3.81. The number of halogens is 1. The molecule has 0 heterocycles. The van der Waals surface area contributed by atoms with Gasteiger partial charge in [-0.3, -0.25) is 9.59 Å². The third kappa shape index (κ3) is 7.45. The first-order valence-electron chi connectivity index (χ1n) is 6.24. The molecule has 1 aromatic carbocycles. The number of hydrogen-bond donors (Lipinski definition) is 0. The van der Waals surface area contributed by atoms with Crippen LogP contribution in [0.15, 0.2) is 33.7 Å². The maximum Gasteiger partial charge on any atom is 0.245 e. The van der Waals surface area contributed by atoms with Gasteiger partial charge in [0.05, 0.1) is 12.8 Å². The van der Waals surface area contributed by atoms with Crippen molar-refractivity contribution >= 4 is 44.9 Å². The Morgan fingerprint density at radius 2 is 2.25 bits per heavy atom. The first kappa shape index (κ1) is 16.9. The third-order valence-corrected chi connectivity index (χ3v) is 3.37. The summed E-state index contributed by atoms with van der Waals surface area (Å²) >= 11 is 4.48. The molecular weight excluding hydrogens is 342 g/mol. The van der Waals surface area contributed by atoms with Crippen molar-refractivity contribution < 1.29 is 14.3 Å². The maximum absolute atomic E-state index is 11.4. The van der Waals surface area contributed by atoms with E-state index in [-0.39, 0.29) is 17.4 Å². The zero-order valence-electron chi connectivity index (χ0n) is 11.2. The van der Waals surface area contributed by atoms with Crippen LogP contribution < -0.4 is 4.74 Å². The van der Waals surface area contributed by atoms with Crippen LogP contribution in [-0.4, -0.2) is 29.6 Å². The SMILES string of the molecule is CCSC(=O)C=NC(=O)CCCOc1cccc(Br)c1. The van der Waals surface area contributed by atoms with E-state index in [1.54, 1.807) is 0 Å². The Bertz CT molecular complexity index is 491. The molecule has 0 atom stereocenters. The number of carbonyl (C=O) groups is 2. The van der Waals surface area contributed by atoms with Gasteiger partial charge in [0.1, 0.15) is 5.75 Å². The highest BCUT2D eigenvalue weighted by Crippen LogP contribution is 2.17. The molecule has 0 radical (unpaired) electrons. The molecule has 0 aliphatic carbocycles. The minimum atomic E-state index is -0.298. The van der Waals surface area contributed by atoms with E-state index in [0.29, 0.717) is 18.8 Å². The van der Waals surface area contributed by atoms with Crippen molar-refractivity contribution in [1.82, 2.24) is 0 Å². The predicted molar refractivity (Wildman–Crippen MR) is 85.5 cm³/mol. The predicted octanol–water partition coefficient (Wildman–Crippen LogP) is 3.49. The van der Waals surface area contributed by atoms with E-state index in [9.17, 15) is 9.59 Å². The number of ether oxygens (including phenoxy) is 1. The molecule has 1 aromatic rings. The molecule has 6 heteroatoms. The number of aliphatic imine (C=N–C) groups is 1. The van der Waals surface area contributed by atoms with Crippen LogP contribution in [0.4, 0.5) is 0 Å². The van der Waals surface area contributed by atoms with Gasteiger partial charge in [-0.1, -0.05) is 40.7 Å². The number of rotatable bonds is 7. The van der Waals surface area contributed by atoms with Gasteiger partial charge in [0.15, 0.2) is 0 Å². The van der Waals surface area contributed by atoms with Crippen molar-refractivity contribution in [3.8, 4) is 5.75 Å². The van der Waals surface area contributed by atoms with E-state index in [1.165, 1.54) is 0 Å². The molecular formula is C14H16BrNO3S. The average molecular weight is 358 g/mol. The van der Waals surface area contributed by atoms with Gasteiger partial charge in [-0.15, -0.1) is 0 Å². The van der Waals surface area contributed by atoms with Crippen LogP contribution in [0.3, 0.4) is 0 Å². The fourth-order valence-corrected chi connectivity index (χ4v) is 2.13. The molecule has 0 N–H and O–H groups in total. The van der Waals surface area contributed by atoms with Crippen molar-refractivity contribution in [1.29, 1.82) is 0 Å². The fourth-order valence-electron chi connectivity index (χ4n) is 1.34. The van der Waals surface area contributed by atoms with Crippen LogP contribution in [0.5, 0.6) is 5.75 Å². The number of benzene rings is 1. The van der Waals surface area contributed by atoms with E-state index >= 15 is 0 Å².